The van der Waals surface area contributed by atoms with Gasteiger partial charge in [0.25, 0.3) is 0 Å². The lowest BCUT2D eigenvalue weighted by molar-refractivity contribution is 0.795. The Morgan fingerprint density at radius 1 is 1.00 bits per heavy atom. The maximum atomic E-state index is 4.70. The first-order chi connectivity index (χ1) is 11.2. The molecule has 0 fully saturated rings. The molecule has 0 spiro atoms. The molecule has 0 aliphatic carbocycles. The second-order valence-electron chi connectivity index (χ2n) is 5.44. The van der Waals surface area contributed by atoms with Crippen molar-refractivity contribution in [3.05, 3.63) is 65.0 Å². The minimum atomic E-state index is 0. The van der Waals surface area contributed by atoms with Crippen LogP contribution in [-0.2, 0) is 19.5 Å². The lowest BCUT2D eigenvalue weighted by Crippen LogP contribution is -2.37. The van der Waals surface area contributed by atoms with Crippen LogP contribution in [-0.4, -0.2) is 17.5 Å². The summed E-state index contributed by atoms with van der Waals surface area (Å²) in [6.07, 6.45) is 1.03. The number of hydrogen-bond donors (Lipinski definition) is 2. The summed E-state index contributed by atoms with van der Waals surface area (Å²) in [6, 6.07) is 14.5. The van der Waals surface area contributed by atoms with E-state index in [-0.39, 0.29) is 24.0 Å². The number of nitrogens with zero attached hydrogens (tertiary/aromatic N) is 2. The minimum absolute atomic E-state index is 0. The van der Waals surface area contributed by atoms with Gasteiger partial charge in [-0.15, -0.1) is 24.0 Å². The van der Waals surface area contributed by atoms with Crippen LogP contribution >= 0.6 is 24.0 Å². The van der Waals surface area contributed by atoms with Gasteiger partial charge in [-0.1, -0.05) is 37.3 Å². The molecule has 0 saturated carbocycles. The molecular formula is C19H27IN4. The van der Waals surface area contributed by atoms with Crippen molar-refractivity contribution in [2.45, 2.75) is 40.3 Å². The molecule has 130 valence electrons. The van der Waals surface area contributed by atoms with Gasteiger partial charge in [0.2, 0.25) is 0 Å². The third kappa shape index (κ3) is 6.47. The van der Waals surface area contributed by atoms with Gasteiger partial charge in [0, 0.05) is 12.2 Å². The Hall–Kier alpha value is -1.63. The van der Waals surface area contributed by atoms with E-state index in [1.165, 1.54) is 11.1 Å². The molecule has 2 N–H and O–H groups in total. The van der Waals surface area contributed by atoms with Crippen molar-refractivity contribution in [2.75, 3.05) is 6.54 Å². The Labute approximate surface area is 162 Å². The number of aryl methyl sites for hydroxylation is 2. The molecular weight excluding hydrogens is 411 g/mol. The molecule has 0 radical (unpaired) electrons. The minimum Gasteiger partial charge on any atom is -0.357 e. The second-order valence-corrected chi connectivity index (χ2v) is 5.44. The monoisotopic (exact) mass is 438 g/mol. The van der Waals surface area contributed by atoms with Crippen molar-refractivity contribution in [3.63, 3.8) is 0 Å². The highest BCUT2D eigenvalue weighted by molar-refractivity contribution is 14.0. The standard InChI is InChI=1S/C19H26N4.HI/c1-4-16-10-6-7-11-17(16)13-21-19(20-5-2)22-14-18-12-8-9-15(3)23-18;/h6-12H,4-5,13-14H2,1-3H3,(H2,20,21,22);1H. The van der Waals surface area contributed by atoms with Crippen LogP contribution in [0.15, 0.2) is 47.5 Å². The molecule has 0 aliphatic heterocycles. The fraction of sp³-hybridized carbons (Fsp3) is 0.368. The molecule has 24 heavy (non-hydrogen) atoms. The fourth-order valence-corrected chi connectivity index (χ4v) is 2.43. The number of guanidine groups is 1. The van der Waals surface area contributed by atoms with Crippen LogP contribution in [0.25, 0.3) is 0 Å². The average Bonchev–Trinajstić information content (AvgIpc) is 2.57. The third-order valence-electron chi connectivity index (χ3n) is 3.63. The molecule has 2 rings (SSSR count). The first kappa shape index (κ1) is 20.4. The average molecular weight is 438 g/mol. The lowest BCUT2D eigenvalue weighted by atomic mass is 10.1. The molecule has 0 unspecified atom stereocenters. The van der Waals surface area contributed by atoms with Gasteiger partial charge in [0.1, 0.15) is 0 Å². The van der Waals surface area contributed by atoms with E-state index in [0.29, 0.717) is 13.1 Å². The number of rotatable bonds is 6. The maximum Gasteiger partial charge on any atom is 0.191 e. The number of pyridine rings is 1. The zero-order valence-corrected chi connectivity index (χ0v) is 17.0. The molecule has 2 aromatic rings. The van der Waals surface area contributed by atoms with E-state index in [1.807, 2.05) is 25.1 Å². The topological polar surface area (TPSA) is 49.3 Å². The molecule has 1 aromatic carbocycles. The smallest absolute Gasteiger partial charge is 0.191 e. The van der Waals surface area contributed by atoms with Crippen molar-refractivity contribution in [3.8, 4) is 0 Å². The number of aromatic nitrogens is 1. The number of hydrogen-bond acceptors (Lipinski definition) is 2. The number of halogens is 1. The summed E-state index contributed by atoms with van der Waals surface area (Å²) in [5, 5.41) is 6.63. The van der Waals surface area contributed by atoms with Crippen molar-refractivity contribution in [1.82, 2.24) is 15.6 Å². The van der Waals surface area contributed by atoms with E-state index in [9.17, 15) is 0 Å². The van der Waals surface area contributed by atoms with Crippen molar-refractivity contribution < 1.29 is 0 Å². The van der Waals surface area contributed by atoms with Gasteiger partial charge in [-0.25, -0.2) is 4.99 Å². The van der Waals surface area contributed by atoms with Crippen LogP contribution in [0, 0.1) is 6.92 Å². The number of aliphatic imine (C=N–C) groups is 1. The van der Waals surface area contributed by atoms with Crippen LogP contribution in [0.1, 0.15) is 36.4 Å². The van der Waals surface area contributed by atoms with Gasteiger partial charge in [-0.05, 0) is 43.5 Å². The predicted molar refractivity (Wildman–Crippen MR) is 112 cm³/mol. The Morgan fingerprint density at radius 2 is 1.75 bits per heavy atom. The SMILES string of the molecule is CCNC(=NCc1ccccc1CC)NCc1cccc(C)n1.I. The van der Waals surface area contributed by atoms with Gasteiger partial charge in [-0.3, -0.25) is 4.98 Å². The molecule has 5 heteroatoms. The zero-order valence-electron chi connectivity index (χ0n) is 14.7. The maximum absolute atomic E-state index is 4.70. The molecule has 0 amide bonds. The van der Waals surface area contributed by atoms with Gasteiger partial charge in [-0.2, -0.15) is 0 Å². The Balaban J connectivity index is 0.00000288. The second kappa shape index (κ2) is 11.0. The van der Waals surface area contributed by atoms with Gasteiger partial charge >= 0.3 is 0 Å². The first-order valence-electron chi connectivity index (χ1n) is 8.24. The van der Waals surface area contributed by atoms with E-state index >= 15 is 0 Å². The summed E-state index contributed by atoms with van der Waals surface area (Å²) in [4.78, 5) is 9.20. The van der Waals surface area contributed by atoms with Gasteiger partial charge in [0.15, 0.2) is 5.96 Å². The van der Waals surface area contributed by atoms with E-state index in [4.69, 9.17) is 4.99 Å². The normalized spacial score (nSPS) is 10.9. The Morgan fingerprint density at radius 3 is 2.42 bits per heavy atom. The zero-order chi connectivity index (χ0) is 16.5. The first-order valence-corrected chi connectivity index (χ1v) is 8.24. The van der Waals surface area contributed by atoms with Crippen LogP contribution in [0.3, 0.4) is 0 Å². The van der Waals surface area contributed by atoms with Gasteiger partial charge < -0.3 is 10.6 Å². The molecule has 0 bridgehead atoms. The largest absolute Gasteiger partial charge is 0.357 e. The van der Waals surface area contributed by atoms with Crippen molar-refractivity contribution >= 4 is 29.9 Å². The van der Waals surface area contributed by atoms with Crippen LogP contribution < -0.4 is 10.6 Å². The Bertz CT molecular complexity index is 655. The van der Waals surface area contributed by atoms with Crippen LogP contribution in [0.2, 0.25) is 0 Å². The van der Waals surface area contributed by atoms with E-state index < -0.39 is 0 Å². The van der Waals surface area contributed by atoms with Crippen molar-refractivity contribution in [1.29, 1.82) is 0 Å². The summed E-state index contributed by atoms with van der Waals surface area (Å²) in [5.41, 5.74) is 4.68. The lowest BCUT2D eigenvalue weighted by Gasteiger charge is -2.12. The van der Waals surface area contributed by atoms with E-state index in [1.54, 1.807) is 0 Å². The van der Waals surface area contributed by atoms with E-state index in [2.05, 4.69) is 53.7 Å². The molecule has 1 heterocycles. The van der Waals surface area contributed by atoms with Crippen molar-refractivity contribution in [2.24, 2.45) is 4.99 Å². The molecule has 0 atom stereocenters. The molecule has 1 aromatic heterocycles. The van der Waals surface area contributed by atoms with Gasteiger partial charge in [0.05, 0.1) is 18.8 Å². The van der Waals surface area contributed by atoms with Crippen LogP contribution in [0.5, 0.6) is 0 Å². The fourth-order valence-electron chi connectivity index (χ4n) is 2.43. The Kier molecular flexibility index (Phi) is 9.37. The quantitative estimate of drug-likeness (QED) is 0.410. The van der Waals surface area contributed by atoms with Crippen LogP contribution in [0.4, 0.5) is 0 Å². The molecule has 0 aliphatic rings. The number of benzene rings is 1. The summed E-state index contributed by atoms with van der Waals surface area (Å²) in [5.74, 6) is 0.821. The summed E-state index contributed by atoms with van der Waals surface area (Å²) in [7, 11) is 0. The third-order valence-corrected chi connectivity index (χ3v) is 3.63. The predicted octanol–water partition coefficient (Wildman–Crippen LogP) is 3.83. The highest BCUT2D eigenvalue weighted by Crippen LogP contribution is 2.10. The summed E-state index contributed by atoms with van der Waals surface area (Å²) >= 11 is 0. The highest BCUT2D eigenvalue weighted by Gasteiger charge is 2.02. The van der Waals surface area contributed by atoms with E-state index in [0.717, 1.165) is 30.3 Å². The summed E-state index contributed by atoms with van der Waals surface area (Å²) in [6.45, 7) is 8.44. The molecule has 4 nitrogen and oxygen atoms in total. The number of nitrogens with one attached hydrogen (secondary N) is 2. The molecule has 0 saturated heterocycles. The highest BCUT2D eigenvalue weighted by atomic mass is 127. The summed E-state index contributed by atoms with van der Waals surface area (Å²) < 4.78 is 0.